The molecule has 0 aromatic carbocycles. The highest BCUT2D eigenvalue weighted by Crippen LogP contribution is 2.27. The maximum Gasteiger partial charge on any atom is 0.0820 e. The van der Waals surface area contributed by atoms with Crippen LogP contribution in [0.25, 0.3) is 0 Å². The van der Waals surface area contributed by atoms with Gasteiger partial charge in [-0.25, -0.2) is 0 Å². The van der Waals surface area contributed by atoms with Crippen molar-refractivity contribution < 1.29 is 0 Å². The van der Waals surface area contributed by atoms with E-state index in [4.69, 9.17) is 11.6 Å². The van der Waals surface area contributed by atoms with Crippen LogP contribution in [0.4, 0.5) is 5.69 Å². The van der Waals surface area contributed by atoms with Crippen LogP contribution in [0.1, 0.15) is 39.0 Å². The molecule has 3 heteroatoms. The van der Waals surface area contributed by atoms with Crippen molar-refractivity contribution >= 4 is 17.3 Å². The Morgan fingerprint density at radius 2 is 2.19 bits per heavy atom. The van der Waals surface area contributed by atoms with Gasteiger partial charge in [0.25, 0.3) is 0 Å². The Bertz CT molecular complexity index is 340. The van der Waals surface area contributed by atoms with Crippen molar-refractivity contribution in [3.05, 3.63) is 23.5 Å². The summed E-state index contributed by atoms with van der Waals surface area (Å²) in [5.74, 6) is 0.875. The summed E-state index contributed by atoms with van der Waals surface area (Å²) in [6.45, 7) is 2.35. The van der Waals surface area contributed by atoms with Crippen LogP contribution in [0, 0.1) is 5.92 Å². The molecule has 88 valence electrons. The highest BCUT2D eigenvalue weighted by molar-refractivity contribution is 6.33. The summed E-state index contributed by atoms with van der Waals surface area (Å²) >= 11 is 6.09. The Labute approximate surface area is 102 Å². The fourth-order valence-electron chi connectivity index (χ4n) is 2.34. The summed E-state index contributed by atoms with van der Waals surface area (Å²) in [5, 5.41) is 4.26. The van der Waals surface area contributed by atoms with Gasteiger partial charge in [-0.05, 0) is 31.2 Å². The number of anilines is 1. The molecule has 0 aliphatic heterocycles. The first-order valence-corrected chi connectivity index (χ1v) is 6.49. The van der Waals surface area contributed by atoms with Crippen molar-refractivity contribution in [1.82, 2.24) is 4.98 Å². The molecule has 0 amide bonds. The Balaban J connectivity index is 1.96. The molecule has 2 rings (SSSR count). The highest BCUT2D eigenvalue weighted by atomic mass is 35.5. The minimum absolute atomic E-state index is 0.574. The molecule has 0 saturated heterocycles. The number of hydrogen-bond acceptors (Lipinski definition) is 2. The van der Waals surface area contributed by atoms with Gasteiger partial charge in [-0.2, -0.15) is 0 Å². The predicted octanol–water partition coefficient (Wildman–Crippen LogP) is 4.12. The average Bonchev–Trinajstić information content (AvgIpc) is 2.47. The van der Waals surface area contributed by atoms with Crippen molar-refractivity contribution in [2.75, 3.05) is 5.32 Å². The zero-order valence-electron chi connectivity index (χ0n) is 9.75. The Hall–Kier alpha value is -0.760. The molecule has 1 fully saturated rings. The number of nitrogens with zero attached hydrogens (tertiary/aromatic N) is 1. The zero-order chi connectivity index (χ0) is 11.4. The van der Waals surface area contributed by atoms with E-state index in [-0.39, 0.29) is 0 Å². The van der Waals surface area contributed by atoms with Gasteiger partial charge in [0.15, 0.2) is 0 Å². The van der Waals surface area contributed by atoms with E-state index in [1.807, 2.05) is 6.07 Å². The van der Waals surface area contributed by atoms with Gasteiger partial charge in [0, 0.05) is 18.4 Å². The van der Waals surface area contributed by atoms with Crippen LogP contribution >= 0.6 is 11.6 Å². The molecule has 2 nitrogen and oxygen atoms in total. The number of aromatic nitrogens is 1. The van der Waals surface area contributed by atoms with Gasteiger partial charge in [0.1, 0.15) is 0 Å². The minimum atomic E-state index is 0.574. The van der Waals surface area contributed by atoms with E-state index >= 15 is 0 Å². The monoisotopic (exact) mass is 238 g/mol. The molecule has 1 aliphatic rings. The van der Waals surface area contributed by atoms with E-state index in [1.165, 1.54) is 32.1 Å². The zero-order valence-corrected chi connectivity index (χ0v) is 10.5. The van der Waals surface area contributed by atoms with E-state index in [1.54, 1.807) is 12.4 Å². The van der Waals surface area contributed by atoms with Gasteiger partial charge in [-0.15, -0.1) is 0 Å². The fourth-order valence-corrected chi connectivity index (χ4v) is 2.52. The second kappa shape index (κ2) is 5.53. The van der Waals surface area contributed by atoms with Gasteiger partial charge in [-0.1, -0.05) is 31.4 Å². The minimum Gasteiger partial charge on any atom is -0.381 e. The lowest BCUT2D eigenvalue weighted by atomic mass is 10.0. The van der Waals surface area contributed by atoms with Crippen LogP contribution in [-0.2, 0) is 0 Å². The largest absolute Gasteiger partial charge is 0.381 e. The van der Waals surface area contributed by atoms with E-state index in [9.17, 15) is 0 Å². The fraction of sp³-hybridized carbons (Fsp3) is 0.615. The summed E-state index contributed by atoms with van der Waals surface area (Å²) in [6, 6.07) is 2.53. The lowest BCUT2D eigenvalue weighted by Gasteiger charge is -2.18. The summed E-state index contributed by atoms with van der Waals surface area (Å²) < 4.78 is 0. The molecule has 1 aromatic rings. The molecule has 2 unspecified atom stereocenters. The van der Waals surface area contributed by atoms with Crippen LogP contribution in [-0.4, -0.2) is 11.0 Å². The van der Waals surface area contributed by atoms with Crippen LogP contribution in [0.5, 0.6) is 0 Å². The second-order valence-electron chi connectivity index (χ2n) is 4.81. The van der Waals surface area contributed by atoms with Crippen LogP contribution < -0.4 is 5.32 Å². The smallest absolute Gasteiger partial charge is 0.0820 e. The summed E-state index contributed by atoms with van der Waals surface area (Å²) in [7, 11) is 0. The number of hydrogen-bond donors (Lipinski definition) is 1. The third-order valence-corrected chi connectivity index (χ3v) is 3.69. The van der Waals surface area contributed by atoms with E-state index in [0.717, 1.165) is 16.6 Å². The third kappa shape index (κ3) is 3.11. The van der Waals surface area contributed by atoms with Crippen molar-refractivity contribution in [2.24, 2.45) is 5.92 Å². The van der Waals surface area contributed by atoms with Crippen molar-refractivity contribution in [2.45, 2.75) is 45.1 Å². The van der Waals surface area contributed by atoms with E-state index in [0.29, 0.717) is 6.04 Å². The SMILES string of the molecule is CC1CCCC(Nc2ccncc2Cl)CC1. The quantitative estimate of drug-likeness (QED) is 0.785. The number of nitrogens with one attached hydrogen (secondary N) is 1. The topological polar surface area (TPSA) is 24.9 Å². The van der Waals surface area contributed by atoms with Crippen molar-refractivity contribution in [1.29, 1.82) is 0 Å². The van der Waals surface area contributed by atoms with Crippen LogP contribution in [0.2, 0.25) is 5.02 Å². The Morgan fingerprint density at radius 3 is 3.00 bits per heavy atom. The maximum absolute atomic E-state index is 6.09. The molecular formula is C13H19ClN2. The number of rotatable bonds is 2. The molecule has 0 spiro atoms. The first-order chi connectivity index (χ1) is 7.75. The second-order valence-corrected chi connectivity index (χ2v) is 5.22. The Kier molecular flexibility index (Phi) is 4.05. The molecule has 0 radical (unpaired) electrons. The maximum atomic E-state index is 6.09. The molecular weight excluding hydrogens is 220 g/mol. The van der Waals surface area contributed by atoms with Crippen molar-refractivity contribution in [3.63, 3.8) is 0 Å². The van der Waals surface area contributed by atoms with Gasteiger partial charge < -0.3 is 5.32 Å². The lowest BCUT2D eigenvalue weighted by Crippen LogP contribution is -2.18. The van der Waals surface area contributed by atoms with Crippen LogP contribution in [0.15, 0.2) is 18.5 Å². The third-order valence-electron chi connectivity index (χ3n) is 3.39. The van der Waals surface area contributed by atoms with Gasteiger partial charge in [0.05, 0.1) is 10.7 Å². The van der Waals surface area contributed by atoms with Crippen LogP contribution in [0.3, 0.4) is 0 Å². The molecule has 0 bridgehead atoms. The standard InChI is InChI=1S/C13H19ClN2/c1-10-3-2-4-11(6-5-10)16-13-7-8-15-9-12(13)14/h7-11H,2-6H2,1H3,(H,15,16). The molecule has 1 saturated carbocycles. The molecule has 1 aromatic heterocycles. The molecule has 1 heterocycles. The van der Waals surface area contributed by atoms with E-state index < -0.39 is 0 Å². The average molecular weight is 239 g/mol. The lowest BCUT2D eigenvalue weighted by molar-refractivity contribution is 0.502. The summed E-state index contributed by atoms with van der Waals surface area (Å²) in [4.78, 5) is 4.00. The molecule has 1 N–H and O–H groups in total. The normalized spacial score (nSPS) is 26.1. The number of pyridine rings is 1. The highest BCUT2D eigenvalue weighted by Gasteiger charge is 2.16. The first-order valence-electron chi connectivity index (χ1n) is 6.12. The summed E-state index contributed by atoms with van der Waals surface area (Å²) in [5.41, 5.74) is 1.02. The summed E-state index contributed by atoms with van der Waals surface area (Å²) in [6.07, 6.45) is 9.99. The van der Waals surface area contributed by atoms with Gasteiger partial charge in [-0.3, -0.25) is 4.98 Å². The molecule has 1 aliphatic carbocycles. The Morgan fingerprint density at radius 1 is 1.31 bits per heavy atom. The number of halogens is 1. The molecule has 16 heavy (non-hydrogen) atoms. The first kappa shape index (κ1) is 11.7. The van der Waals surface area contributed by atoms with Gasteiger partial charge >= 0.3 is 0 Å². The van der Waals surface area contributed by atoms with E-state index in [2.05, 4.69) is 17.2 Å². The van der Waals surface area contributed by atoms with Gasteiger partial charge in [0.2, 0.25) is 0 Å². The molecule has 2 atom stereocenters. The van der Waals surface area contributed by atoms with Crippen molar-refractivity contribution in [3.8, 4) is 0 Å². The predicted molar refractivity (Wildman–Crippen MR) is 68.9 cm³/mol.